The van der Waals surface area contributed by atoms with Crippen molar-refractivity contribution in [3.05, 3.63) is 38.9 Å². The summed E-state index contributed by atoms with van der Waals surface area (Å²) in [6.45, 7) is 0. The van der Waals surface area contributed by atoms with Crippen molar-refractivity contribution >= 4 is 22.3 Å². The van der Waals surface area contributed by atoms with Crippen LogP contribution in [0.5, 0.6) is 0 Å². The van der Waals surface area contributed by atoms with Crippen LogP contribution in [0.1, 0.15) is 0 Å². The quantitative estimate of drug-likeness (QED) is 0.426. The number of benzene rings is 1. The van der Waals surface area contributed by atoms with E-state index in [0.717, 1.165) is 6.07 Å². The highest BCUT2D eigenvalue weighted by Gasteiger charge is 2.14. The van der Waals surface area contributed by atoms with E-state index < -0.39 is 4.92 Å². The minimum atomic E-state index is -0.624. The van der Waals surface area contributed by atoms with E-state index in [0.29, 0.717) is 5.52 Å². The van der Waals surface area contributed by atoms with E-state index in [1.54, 1.807) is 0 Å². The van der Waals surface area contributed by atoms with Crippen LogP contribution in [0, 0.1) is 10.1 Å². The summed E-state index contributed by atoms with van der Waals surface area (Å²) in [7, 11) is 1.52. The number of nitrogens with two attached hydrogens (primary N) is 1. The van der Waals surface area contributed by atoms with Gasteiger partial charge in [0, 0.05) is 13.1 Å². The zero-order chi connectivity index (χ0) is 11.9. The van der Waals surface area contributed by atoms with Crippen molar-refractivity contribution < 1.29 is 4.92 Å². The van der Waals surface area contributed by atoms with Gasteiger partial charge in [-0.1, -0.05) is 0 Å². The van der Waals surface area contributed by atoms with Crippen LogP contribution in [0.3, 0.4) is 0 Å². The van der Waals surface area contributed by atoms with Crippen molar-refractivity contribution in [1.29, 1.82) is 0 Å². The van der Waals surface area contributed by atoms with Crippen LogP contribution in [-0.4, -0.2) is 14.5 Å². The third kappa shape index (κ3) is 1.38. The molecule has 0 amide bonds. The third-order valence-corrected chi connectivity index (χ3v) is 2.26. The first-order valence-electron chi connectivity index (χ1n) is 4.40. The molecule has 0 aliphatic heterocycles. The number of fused-ring (bicyclic) bond motifs is 1. The van der Waals surface area contributed by atoms with Crippen LogP contribution >= 0.6 is 0 Å². The first-order valence-corrected chi connectivity index (χ1v) is 4.40. The lowest BCUT2D eigenvalue weighted by Gasteiger charge is -2.02. The summed E-state index contributed by atoms with van der Waals surface area (Å²) in [6.07, 6.45) is 1.34. The largest absolute Gasteiger partial charge is 0.393 e. The Hall–Kier alpha value is -2.44. The molecule has 7 nitrogen and oxygen atoms in total. The van der Waals surface area contributed by atoms with Crippen molar-refractivity contribution in [2.45, 2.75) is 0 Å². The van der Waals surface area contributed by atoms with Crippen molar-refractivity contribution in [1.82, 2.24) is 9.55 Å². The minimum Gasteiger partial charge on any atom is -0.393 e. The van der Waals surface area contributed by atoms with Gasteiger partial charge < -0.3 is 10.3 Å². The van der Waals surface area contributed by atoms with Crippen LogP contribution < -0.4 is 11.3 Å². The van der Waals surface area contributed by atoms with Crippen LogP contribution in [0.4, 0.5) is 11.4 Å². The Kier molecular flexibility index (Phi) is 2.08. The molecule has 1 heterocycles. The molecular formula is C9H8N4O3. The number of nitro benzene ring substituents is 1. The number of aryl methyl sites for hydroxylation is 1. The third-order valence-electron chi connectivity index (χ3n) is 2.26. The van der Waals surface area contributed by atoms with Gasteiger partial charge in [0.2, 0.25) is 0 Å². The minimum absolute atomic E-state index is 0.00162. The molecule has 0 saturated carbocycles. The van der Waals surface area contributed by atoms with Crippen LogP contribution in [0.25, 0.3) is 10.9 Å². The monoisotopic (exact) mass is 220 g/mol. The highest BCUT2D eigenvalue weighted by atomic mass is 16.6. The normalized spacial score (nSPS) is 10.6. The predicted molar refractivity (Wildman–Crippen MR) is 58.1 cm³/mol. The Morgan fingerprint density at radius 1 is 1.50 bits per heavy atom. The summed E-state index contributed by atoms with van der Waals surface area (Å²) in [4.78, 5) is 25.7. The van der Waals surface area contributed by atoms with Gasteiger partial charge in [0.05, 0.1) is 22.2 Å². The van der Waals surface area contributed by atoms with Crippen molar-refractivity contribution in [2.75, 3.05) is 5.73 Å². The van der Waals surface area contributed by atoms with Gasteiger partial charge in [-0.05, 0) is 6.07 Å². The lowest BCUT2D eigenvalue weighted by atomic mass is 10.2. The Morgan fingerprint density at radius 3 is 2.81 bits per heavy atom. The molecule has 0 saturated heterocycles. The lowest BCUT2D eigenvalue weighted by molar-refractivity contribution is -0.383. The molecule has 2 rings (SSSR count). The second-order valence-corrected chi connectivity index (χ2v) is 3.35. The van der Waals surface area contributed by atoms with Gasteiger partial charge in [-0.2, -0.15) is 0 Å². The maximum absolute atomic E-state index is 11.7. The topological polar surface area (TPSA) is 104 Å². The molecule has 16 heavy (non-hydrogen) atoms. The van der Waals surface area contributed by atoms with E-state index in [2.05, 4.69) is 4.98 Å². The number of aromatic nitrogens is 2. The summed E-state index contributed by atoms with van der Waals surface area (Å²) in [5, 5.41) is 10.8. The molecule has 2 N–H and O–H groups in total. The molecule has 0 aliphatic carbocycles. The summed E-state index contributed by atoms with van der Waals surface area (Å²) >= 11 is 0. The van der Waals surface area contributed by atoms with Crippen molar-refractivity contribution in [3.8, 4) is 0 Å². The first kappa shape index (κ1) is 10.1. The summed E-state index contributed by atoms with van der Waals surface area (Å²) in [5.41, 5.74) is 5.22. The van der Waals surface area contributed by atoms with E-state index in [4.69, 9.17) is 5.73 Å². The average Bonchev–Trinajstić information content (AvgIpc) is 2.23. The zero-order valence-corrected chi connectivity index (χ0v) is 8.38. The first-order chi connectivity index (χ1) is 7.50. The second kappa shape index (κ2) is 3.30. The summed E-state index contributed by atoms with van der Waals surface area (Å²) in [6, 6.07) is 2.48. The molecule has 0 atom stereocenters. The van der Waals surface area contributed by atoms with Gasteiger partial charge in [0.25, 0.3) is 11.2 Å². The number of anilines is 1. The van der Waals surface area contributed by atoms with Gasteiger partial charge in [0.1, 0.15) is 5.69 Å². The molecule has 0 bridgehead atoms. The lowest BCUT2D eigenvalue weighted by Crippen LogP contribution is -2.17. The molecule has 82 valence electrons. The van der Waals surface area contributed by atoms with E-state index in [1.165, 1.54) is 24.0 Å². The maximum Gasteiger partial charge on any atom is 0.293 e. The van der Waals surface area contributed by atoms with Gasteiger partial charge in [0.15, 0.2) is 0 Å². The van der Waals surface area contributed by atoms with E-state index in [1.807, 2.05) is 0 Å². The van der Waals surface area contributed by atoms with Gasteiger partial charge in [-0.15, -0.1) is 0 Å². The molecule has 1 aromatic heterocycles. The fourth-order valence-corrected chi connectivity index (χ4v) is 1.42. The van der Waals surface area contributed by atoms with Crippen molar-refractivity contribution in [3.63, 3.8) is 0 Å². The van der Waals surface area contributed by atoms with Crippen molar-refractivity contribution in [2.24, 2.45) is 7.05 Å². The molecule has 7 heteroatoms. The van der Waals surface area contributed by atoms with Crippen LogP contribution in [-0.2, 0) is 7.05 Å². The SMILES string of the molecule is Cn1cnc2cc(N)c([N+](=O)[O-])cc2c1=O. The number of hydrogen-bond acceptors (Lipinski definition) is 5. The maximum atomic E-state index is 11.7. The number of rotatable bonds is 1. The second-order valence-electron chi connectivity index (χ2n) is 3.35. The number of nitrogen functional groups attached to an aromatic ring is 1. The van der Waals surface area contributed by atoms with E-state index in [-0.39, 0.29) is 22.3 Å². The summed E-state index contributed by atoms with van der Waals surface area (Å²) < 4.78 is 1.25. The Labute approximate surface area is 89.3 Å². The summed E-state index contributed by atoms with van der Waals surface area (Å²) in [5.74, 6) is 0. The van der Waals surface area contributed by atoms with E-state index >= 15 is 0 Å². The molecule has 0 spiro atoms. The van der Waals surface area contributed by atoms with Gasteiger partial charge in [-0.25, -0.2) is 4.98 Å². The smallest absolute Gasteiger partial charge is 0.293 e. The Balaban J connectivity index is 2.92. The fourth-order valence-electron chi connectivity index (χ4n) is 1.42. The molecular weight excluding hydrogens is 212 g/mol. The standard InChI is InChI=1S/C9H8N4O3/c1-12-4-11-7-3-6(10)8(13(15)16)2-5(7)9(12)14/h2-4H,10H2,1H3. The number of hydrogen-bond donors (Lipinski definition) is 1. The Morgan fingerprint density at radius 2 is 2.19 bits per heavy atom. The van der Waals surface area contributed by atoms with Gasteiger partial charge >= 0.3 is 0 Å². The molecule has 0 unspecified atom stereocenters. The number of nitrogens with zero attached hydrogens (tertiary/aromatic N) is 3. The molecule has 1 aromatic carbocycles. The van der Waals surface area contributed by atoms with Crippen LogP contribution in [0.2, 0.25) is 0 Å². The highest BCUT2D eigenvalue weighted by Crippen LogP contribution is 2.24. The van der Waals surface area contributed by atoms with E-state index in [9.17, 15) is 14.9 Å². The molecule has 2 aromatic rings. The molecule has 0 fully saturated rings. The molecule has 0 aliphatic rings. The predicted octanol–water partition coefficient (Wildman–Crippen LogP) is 0.424. The fraction of sp³-hybridized carbons (Fsp3) is 0.111. The number of nitro groups is 1. The van der Waals surface area contributed by atoms with Gasteiger partial charge in [-0.3, -0.25) is 14.9 Å². The zero-order valence-electron chi connectivity index (χ0n) is 8.38. The molecule has 0 radical (unpaired) electrons. The average molecular weight is 220 g/mol. The van der Waals surface area contributed by atoms with Crippen LogP contribution in [0.15, 0.2) is 23.3 Å². The Bertz CT molecular complexity index is 647. The highest BCUT2D eigenvalue weighted by molar-refractivity contribution is 5.85.